The molecule has 27 heavy (non-hydrogen) atoms. The summed E-state index contributed by atoms with van der Waals surface area (Å²) in [5.41, 5.74) is 3.68. The van der Waals surface area contributed by atoms with E-state index in [0.717, 1.165) is 39.2 Å². The highest BCUT2D eigenvalue weighted by molar-refractivity contribution is 7.98. The largest absolute Gasteiger partial charge is 0.497 e. The Morgan fingerprint density at radius 2 is 1.81 bits per heavy atom. The lowest BCUT2D eigenvalue weighted by Crippen LogP contribution is -1.99. The fourth-order valence-electron chi connectivity index (χ4n) is 2.23. The number of anilines is 1. The lowest BCUT2D eigenvalue weighted by molar-refractivity contribution is 0.415. The smallest absolute Gasteiger partial charge is 0.209 e. The standard InChI is InChI=1S/C20H19ClN4OS/c1-14-19(11-12-22-17-7-9-18(26-2)10-8-17)23-20(25-24-14)27-13-15-3-5-16(21)6-4-15/h3-12,22H,13H2,1-2H3/b12-11+. The molecule has 7 heteroatoms. The molecule has 0 aliphatic rings. The average Bonchev–Trinajstić information content (AvgIpc) is 2.70. The molecular weight excluding hydrogens is 380 g/mol. The van der Waals surface area contributed by atoms with Gasteiger partial charge in [-0.25, -0.2) is 4.98 Å². The number of ether oxygens (including phenoxy) is 1. The molecule has 0 fully saturated rings. The summed E-state index contributed by atoms with van der Waals surface area (Å²) >= 11 is 7.45. The van der Waals surface area contributed by atoms with E-state index in [1.807, 2.05) is 67.7 Å². The summed E-state index contributed by atoms with van der Waals surface area (Å²) < 4.78 is 5.15. The van der Waals surface area contributed by atoms with Gasteiger partial charge in [0.2, 0.25) is 5.16 Å². The SMILES string of the molecule is COc1ccc(N/C=C/c2nc(SCc3ccc(Cl)cc3)nnc2C)cc1. The van der Waals surface area contributed by atoms with Crippen molar-refractivity contribution in [3.8, 4) is 5.75 Å². The zero-order chi connectivity index (χ0) is 19.1. The van der Waals surface area contributed by atoms with Crippen LogP contribution in [0, 0.1) is 6.92 Å². The molecule has 0 unspecified atom stereocenters. The summed E-state index contributed by atoms with van der Waals surface area (Å²) in [6, 6.07) is 15.4. The van der Waals surface area contributed by atoms with Crippen molar-refractivity contribution >= 4 is 35.1 Å². The van der Waals surface area contributed by atoms with Crippen LogP contribution < -0.4 is 10.1 Å². The van der Waals surface area contributed by atoms with Gasteiger partial charge >= 0.3 is 0 Å². The van der Waals surface area contributed by atoms with Gasteiger partial charge in [-0.1, -0.05) is 35.5 Å². The lowest BCUT2D eigenvalue weighted by atomic mass is 10.2. The first kappa shape index (κ1) is 19.2. The number of aryl methyl sites for hydroxylation is 1. The molecular formula is C20H19ClN4OS. The van der Waals surface area contributed by atoms with E-state index in [9.17, 15) is 0 Å². The van der Waals surface area contributed by atoms with Crippen molar-refractivity contribution in [3.05, 3.63) is 76.7 Å². The molecule has 5 nitrogen and oxygen atoms in total. The van der Waals surface area contributed by atoms with Gasteiger partial charge in [-0.05, 0) is 55.0 Å². The maximum atomic E-state index is 5.91. The maximum absolute atomic E-state index is 5.91. The molecule has 0 bridgehead atoms. The van der Waals surface area contributed by atoms with Gasteiger partial charge in [0.25, 0.3) is 0 Å². The van der Waals surface area contributed by atoms with Crippen molar-refractivity contribution in [1.29, 1.82) is 0 Å². The summed E-state index contributed by atoms with van der Waals surface area (Å²) in [6.07, 6.45) is 3.73. The predicted molar refractivity (Wildman–Crippen MR) is 111 cm³/mol. The highest BCUT2D eigenvalue weighted by Crippen LogP contribution is 2.21. The van der Waals surface area contributed by atoms with Gasteiger partial charge in [0.1, 0.15) is 5.75 Å². The van der Waals surface area contributed by atoms with E-state index in [0.29, 0.717) is 5.16 Å². The molecule has 2 aromatic carbocycles. The van der Waals surface area contributed by atoms with Crippen LogP contribution in [0.2, 0.25) is 5.02 Å². The van der Waals surface area contributed by atoms with Crippen LogP contribution in [0.3, 0.4) is 0 Å². The van der Waals surface area contributed by atoms with Crippen molar-refractivity contribution in [2.45, 2.75) is 17.8 Å². The molecule has 0 atom stereocenters. The first-order valence-corrected chi connectivity index (χ1v) is 9.66. The molecule has 0 saturated heterocycles. The molecule has 138 valence electrons. The van der Waals surface area contributed by atoms with Crippen molar-refractivity contribution < 1.29 is 4.74 Å². The third-order valence-electron chi connectivity index (χ3n) is 3.73. The Morgan fingerprint density at radius 1 is 1.07 bits per heavy atom. The number of nitrogens with one attached hydrogen (secondary N) is 1. The number of aromatic nitrogens is 3. The van der Waals surface area contributed by atoms with Gasteiger partial charge in [0.05, 0.1) is 18.5 Å². The minimum atomic E-state index is 0.639. The van der Waals surface area contributed by atoms with E-state index < -0.39 is 0 Å². The zero-order valence-corrected chi connectivity index (χ0v) is 16.6. The van der Waals surface area contributed by atoms with Gasteiger partial charge in [0.15, 0.2) is 0 Å². The molecule has 1 N–H and O–H groups in total. The minimum Gasteiger partial charge on any atom is -0.497 e. The Labute approximate surface area is 167 Å². The minimum absolute atomic E-state index is 0.639. The fraction of sp³-hybridized carbons (Fsp3) is 0.150. The van der Waals surface area contributed by atoms with Crippen LogP contribution in [0.15, 0.2) is 59.9 Å². The van der Waals surface area contributed by atoms with Crippen molar-refractivity contribution in [3.63, 3.8) is 0 Å². The number of hydrogen-bond donors (Lipinski definition) is 1. The number of nitrogens with zero attached hydrogens (tertiary/aromatic N) is 3. The van der Waals surface area contributed by atoms with E-state index >= 15 is 0 Å². The van der Waals surface area contributed by atoms with Gasteiger partial charge in [-0.15, -0.1) is 5.10 Å². The Bertz CT molecular complexity index is 914. The van der Waals surface area contributed by atoms with E-state index in [4.69, 9.17) is 16.3 Å². The van der Waals surface area contributed by atoms with E-state index in [1.54, 1.807) is 18.9 Å². The first-order chi connectivity index (χ1) is 13.1. The van der Waals surface area contributed by atoms with Crippen LogP contribution in [0.4, 0.5) is 5.69 Å². The quantitative estimate of drug-likeness (QED) is 0.551. The molecule has 0 spiro atoms. The van der Waals surface area contributed by atoms with E-state index in [1.165, 1.54) is 0 Å². The van der Waals surface area contributed by atoms with E-state index in [-0.39, 0.29) is 0 Å². The number of methoxy groups -OCH3 is 1. The molecule has 0 amide bonds. The van der Waals surface area contributed by atoms with Crippen molar-refractivity contribution in [1.82, 2.24) is 15.2 Å². The highest BCUT2D eigenvalue weighted by atomic mass is 35.5. The van der Waals surface area contributed by atoms with Crippen LogP contribution in [-0.4, -0.2) is 22.3 Å². The van der Waals surface area contributed by atoms with Crippen LogP contribution >= 0.6 is 23.4 Å². The van der Waals surface area contributed by atoms with Gasteiger partial charge in [0, 0.05) is 22.7 Å². The second-order valence-electron chi connectivity index (χ2n) is 5.69. The topological polar surface area (TPSA) is 59.9 Å². The van der Waals surface area contributed by atoms with Crippen LogP contribution in [0.25, 0.3) is 6.08 Å². The third-order valence-corrected chi connectivity index (χ3v) is 4.90. The Balaban J connectivity index is 1.62. The van der Waals surface area contributed by atoms with Gasteiger partial charge in [-0.2, -0.15) is 5.10 Å². The molecule has 0 radical (unpaired) electrons. The molecule has 1 aromatic heterocycles. The Hall–Kier alpha value is -2.57. The molecule has 0 saturated carbocycles. The summed E-state index contributed by atoms with van der Waals surface area (Å²) in [5, 5.41) is 12.9. The Morgan fingerprint density at radius 3 is 2.52 bits per heavy atom. The zero-order valence-electron chi connectivity index (χ0n) is 15.0. The second-order valence-corrected chi connectivity index (χ2v) is 7.07. The van der Waals surface area contributed by atoms with Crippen LogP contribution in [0.5, 0.6) is 5.75 Å². The molecule has 0 aliphatic heterocycles. The van der Waals surface area contributed by atoms with Crippen LogP contribution in [0.1, 0.15) is 17.0 Å². The molecule has 0 aliphatic carbocycles. The first-order valence-electron chi connectivity index (χ1n) is 8.30. The Kier molecular flexibility index (Phi) is 6.68. The molecule has 1 heterocycles. The van der Waals surface area contributed by atoms with Gasteiger partial charge < -0.3 is 10.1 Å². The van der Waals surface area contributed by atoms with E-state index in [2.05, 4.69) is 20.5 Å². The average molecular weight is 399 g/mol. The highest BCUT2D eigenvalue weighted by Gasteiger charge is 2.05. The number of benzene rings is 2. The number of rotatable bonds is 7. The number of hydrogen-bond acceptors (Lipinski definition) is 6. The monoisotopic (exact) mass is 398 g/mol. The molecule has 3 rings (SSSR count). The van der Waals surface area contributed by atoms with Gasteiger partial charge in [-0.3, -0.25) is 0 Å². The van der Waals surface area contributed by atoms with Crippen molar-refractivity contribution in [2.75, 3.05) is 12.4 Å². The maximum Gasteiger partial charge on any atom is 0.209 e. The summed E-state index contributed by atoms with van der Waals surface area (Å²) in [4.78, 5) is 4.58. The summed E-state index contributed by atoms with van der Waals surface area (Å²) in [6.45, 7) is 1.89. The number of thioether (sulfide) groups is 1. The van der Waals surface area contributed by atoms with Crippen molar-refractivity contribution in [2.24, 2.45) is 0 Å². The summed E-state index contributed by atoms with van der Waals surface area (Å²) in [5.74, 6) is 1.58. The normalized spacial score (nSPS) is 10.9. The summed E-state index contributed by atoms with van der Waals surface area (Å²) in [7, 11) is 1.65. The van der Waals surface area contributed by atoms with Crippen LogP contribution in [-0.2, 0) is 5.75 Å². The fourth-order valence-corrected chi connectivity index (χ4v) is 3.10. The lowest BCUT2D eigenvalue weighted by Gasteiger charge is -2.04. The number of halogens is 1. The molecule has 3 aromatic rings. The second kappa shape index (κ2) is 9.39. The third kappa shape index (κ3) is 5.70. The predicted octanol–water partition coefficient (Wildman–Crippen LogP) is 5.22.